The third-order valence-corrected chi connectivity index (χ3v) is 8.34. The van der Waals surface area contributed by atoms with Gasteiger partial charge in [-0.2, -0.15) is 0 Å². The zero-order chi connectivity index (χ0) is 27.5. The van der Waals surface area contributed by atoms with Crippen LogP contribution < -0.4 is 19.6 Å². The number of hydrogen-bond donors (Lipinski definition) is 0. The second-order valence-corrected chi connectivity index (χ2v) is 11.5. The summed E-state index contributed by atoms with van der Waals surface area (Å²) in [5.74, 6) is 0.206. The molecule has 0 saturated carbocycles. The van der Waals surface area contributed by atoms with E-state index in [1.165, 1.54) is 11.3 Å². The van der Waals surface area contributed by atoms with Gasteiger partial charge in [-0.3, -0.25) is 9.36 Å². The standard InChI is InChI=1S/C30H24Br2N2O4S/c1-3-37-29(36)25-18(2)33-30-34(26(25)21-12-8-5-9-13-21)28(35)24(39-30)16-20-14-22(31)27(23(32)15-20)38-17-19-10-6-4-7-11-19/h4-16,26H,3,17H2,1-2H3/b24-16-. The summed E-state index contributed by atoms with van der Waals surface area (Å²) in [5.41, 5.74) is 3.37. The van der Waals surface area contributed by atoms with E-state index in [2.05, 4.69) is 36.9 Å². The fraction of sp³-hybridized carbons (Fsp3) is 0.167. The number of allylic oxidation sites excluding steroid dienone is 1. The number of carbonyl (C=O) groups is 1. The molecule has 0 fully saturated rings. The first-order valence-corrected chi connectivity index (χ1v) is 14.7. The predicted molar refractivity (Wildman–Crippen MR) is 159 cm³/mol. The van der Waals surface area contributed by atoms with E-state index in [0.29, 0.717) is 33.0 Å². The van der Waals surface area contributed by atoms with Crippen LogP contribution in [0.5, 0.6) is 5.75 Å². The molecule has 6 nitrogen and oxygen atoms in total. The molecular weight excluding hydrogens is 644 g/mol. The molecule has 0 radical (unpaired) electrons. The molecule has 198 valence electrons. The molecule has 5 rings (SSSR count). The number of carbonyl (C=O) groups excluding carboxylic acids is 1. The van der Waals surface area contributed by atoms with E-state index in [1.54, 1.807) is 18.4 Å². The fourth-order valence-electron chi connectivity index (χ4n) is 4.42. The Morgan fingerprint density at radius 3 is 2.33 bits per heavy atom. The maximum atomic E-state index is 13.8. The lowest BCUT2D eigenvalue weighted by atomic mass is 9.96. The van der Waals surface area contributed by atoms with Crippen molar-refractivity contribution in [3.05, 3.63) is 129 Å². The number of hydrogen-bond acceptors (Lipinski definition) is 6. The van der Waals surface area contributed by atoms with Crippen molar-refractivity contribution in [2.45, 2.75) is 26.5 Å². The highest BCUT2D eigenvalue weighted by molar-refractivity contribution is 9.11. The van der Waals surface area contributed by atoms with E-state index in [1.807, 2.05) is 78.9 Å². The summed E-state index contributed by atoms with van der Waals surface area (Å²) in [4.78, 5) is 31.9. The van der Waals surface area contributed by atoms with E-state index >= 15 is 0 Å². The first-order chi connectivity index (χ1) is 18.9. The maximum absolute atomic E-state index is 13.8. The van der Waals surface area contributed by atoms with Crippen molar-refractivity contribution >= 4 is 55.2 Å². The van der Waals surface area contributed by atoms with Gasteiger partial charge in [-0.25, -0.2) is 9.79 Å². The Kier molecular flexibility index (Phi) is 8.30. The number of fused-ring (bicyclic) bond motifs is 1. The average Bonchev–Trinajstić information content (AvgIpc) is 3.22. The minimum Gasteiger partial charge on any atom is -0.487 e. The lowest BCUT2D eigenvalue weighted by molar-refractivity contribution is -0.139. The molecule has 0 spiro atoms. The summed E-state index contributed by atoms with van der Waals surface area (Å²) < 4.78 is 15.0. The van der Waals surface area contributed by atoms with E-state index in [4.69, 9.17) is 9.47 Å². The van der Waals surface area contributed by atoms with Gasteiger partial charge < -0.3 is 9.47 Å². The van der Waals surface area contributed by atoms with E-state index < -0.39 is 12.0 Å². The van der Waals surface area contributed by atoms with Gasteiger partial charge in [0, 0.05) is 0 Å². The Morgan fingerprint density at radius 1 is 1.05 bits per heavy atom. The Morgan fingerprint density at radius 2 is 1.69 bits per heavy atom. The van der Waals surface area contributed by atoms with Gasteiger partial charge in [0.1, 0.15) is 12.4 Å². The number of esters is 1. The number of ether oxygens (including phenoxy) is 2. The highest BCUT2D eigenvalue weighted by Crippen LogP contribution is 2.36. The van der Waals surface area contributed by atoms with Gasteiger partial charge in [0.2, 0.25) is 0 Å². The highest BCUT2D eigenvalue weighted by atomic mass is 79.9. The molecule has 0 aliphatic carbocycles. The second-order valence-electron chi connectivity index (χ2n) is 8.80. The molecule has 3 aromatic carbocycles. The topological polar surface area (TPSA) is 69.9 Å². The molecule has 1 unspecified atom stereocenters. The summed E-state index contributed by atoms with van der Waals surface area (Å²) in [5, 5.41) is 0. The molecule has 1 aromatic heterocycles. The molecule has 4 aromatic rings. The first-order valence-electron chi connectivity index (χ1n) is 12.3. The second kappa shape index (κ2) is 11.9. The van der Waals surface area contributed by atoms with Crippen LogP contribution in [0, 0.1) is 0 Å². The number of benzene rings is 3. The van der Waals surface area contributed by atoms with Gasteiger partial charge in [0.05, 0.1) is 37.4 Å². The first kappa shape index (κ1) is 27.3. The van der Waals surface area contributed by atoms with Crippen molar-refractivity contribution in [1.29, 1.82) is 0 Å². The minimum absolute atomic E-state index is 0.224. The molecule has 2 heterocycles. The molecule has 0 amide bonds. The highest BCUT2D eigenvalue weighted by Gasteiger charge is 2.33. The van der Waals surface area contributed by atoms with Gasteiger partial charge in [-0.15, -0.1) is 0 Å². The molecule has 1 aliphatic rings. The summed E-state index contributed by atoms with van der Waals surface area (Å²) in [6.45, 7) is 4.20. The van der Waals surface area contributed by atoms with Crippen LogP contribution in [-0.2, 0) is 16.1 Å². The molecule has 1 aliphatic heterocycles. The van der Waals surface area contributed by atoms with Crippen molar-refractivity contribution in [2.75, 3.05) is 6.61 Å². The van der Waals surface area contributed by atoms with Gasteiger partial charge >= 0.3 is 5.97 Å². The summed E-state index contributed by atoms with van der Waals surface area (Å²) in [6.07, 6.45) is 1.83. The Labute approximate surface area is 246 Å². The van der Waals surface area contributed by atoms with Crippen molar-refractivity contribution in [2.24, 2.45) is 4.99 Å². The summed E-state index contributed by atoms with van der Waals surface area (Å²) in [6, 6.07) is 22.6. The summed E-state index contributed by atoms with van der Waals surface area (Å²) >= 11 is 8.52. The van der Waals surface area contributed by atoms with Crippen LogP contribution in [0.3, 0.4) is 0 Å². The van der Waals surface area contributed by atoms with Crippen LogP contribution in [-0.4, -0.2) is 17.1 Å². The molecule has 1 atom stereocenters. The number of nitrogens with zero attached hydrogens (tertiary/aromatic N) is 2. The summed E-state index contributed by atoms with van der Waals surface area (Å²) in [7, 11) is 0. The predicted octanol–water partition coefficient (Wildman–Crippen LogP) is 5.90. The van der Waals surface area contributed by atoms with Gasteiger partial charge in [-0.1, -0.05) is 72.0 Å². The Bertz CT molecular complexity index is 1720. The lowest BCUT2D eigenvalue weighted by Crippen LogP contribution is -2.39. The Hall–Kier alpha value is -3.27. The van der Waals surface area contributed by atoms with E-state index in [0.717, 1.165) is 25.6 Å². The van der Waals surface area contributed by atoms with Crippen LogP contribution >= 0.6 is 43.2 Å². The number of thiazole rings is 1. The molecule has 39 heavy (non-hydrogen) atoms. The largest absolute Gasteiger partial charge is 0.487 e. The third kappa shape index (κ3) is 5.71. The normalized spacial score (nSPS) is 15.1. The molecule has 0 N–H and O–H groups in total. The quantitative estimate of drug-likeness (QED) is 0.230. The lowest BCUT2D eigenvalue weighted by Gasteiger charge is -2.24. The van der Waals surface area contributed by atoms with E-state index in [-0.39, 0.29) is 12.2 Å². The zero-order valence-corrected chi connectivity index (χ0v) is 25.2. The third-order valence-electron chi connectivity index (χ3n) is 6.18. The maximum Gasteiger partial charge on any atom is 0.338 e. The van der Waals surface area contributed by atoms with E-state index in [9.17, 15) is 9.59 Å². The van der Waals surface area contributed by atoms with Crippen LogP contribution in [0.2, 0.25) is 0 Å². The number of halogens is 2. The monoisotopic (exact) mass is 666 g/mol. The van der Waals surface area contributed by atoms with Crippen molar-refractivity contribution < 1.29 is 14.3 Å². The van der Waals surface area contributed by atoms with Crippen LogP contribution in [0.15, 0.2) is 103 Å². The fourth-order valence-corrected chi connectivity index (χ4v) is 6.92. The van der Waals surface area contributed by atoms with Crippen molar-refractivity contribution in [3.63, 3.8) is 0 Å². The van der Waals surface area contributed by atoms with Crippen molar-refractivity contribution in [1.82, 2.24) is 4.57 Å². The number of aromatic nitrogens is 1. The average molecular weight is 668 g/mol. The van der Waals surface area contributed by atoms with Crippen molar-refractivity contribution in [3.8, 4) is 5.75 Å². The SMILES string of the molecule is CCOC(=O)C1=C(C)N=c2s/c(=C\c3cc(Br)c(OCc4ccccc4)c(Br)c3)c(=O)n2C1c1ccccc1. The molecular formula is C30H24Br2N2O4S. The van der Waals surface area contributed by atoms with Gasteiger partial charge in [-0.05, 0) is 80.6 Å². The Balaban J connectivity index is 1.56. The zero-order valence-electron chi connectivity index (χ0n) is 21.2. The van der Waals surface area contributed by atoms with Gasteiger partial charge in [0.15, 0.2) is 4.80 Å². The van der Waals surface area contributed by atoms with Gasteiger partial charge in [0.25, 0.3) is 5.56 Å². The number of rotatable bonds is 7. The molecule has 0 saturated heterocycles. The molecule has 0 bridgehead atoms. The van der Waals surface area contributed by atoms with Crippen LogP contribution in [0.25, 0.3) is 6.08 Å². The van der Waals surface area contributed by atoms with Crippen LogP contribution in [0.1, 0.15) is 36.6 Å². The minimum atomic E-state index is -0.629. The molecule has 9 heteroatoms. The smallest absolute Gasteiger partial charge is 0.338 e. The van der Waals surface area contributed by atoms with Crippen LogP contribution in [0.4, 0.5) is 0 Å².